The highest BCUT2D eigenvalue weighted by atomic mass is 16.2. The minimum atomic E-state index is 0.208. The number of likely N-dealkylation sites (N-methyl/N-ethyl adjacent to an activating group) is 2. The third-order valence-electron chi connectivity index (χ3n) is 3.25. The monoisotopic (exact) mass is 198 g/mol. The SMILES string of the molecule is CCN(C(C)=O)[C@H]1CCCC[C@@H]1NC. The molecule has 1 aliphatic carbocycles. The fourth-order valence-corrected chi connectivity index (χ4v) is 2.51. The molecule has 0 aliphatic heterocycles. The highest BCUT2D eigenvalue weighted by Gasteiger charge is 2.29. The average Bonchev–Trinajstić information content (AvgIpc) is 2.19. The standard InChI is InChI=1S/C11H22N2O/c1-4-13(9(2)14)11-8-6-5-7-10(11)12-3/h10-12H,4-8H2,1-3H3/t10-,11-/m0/s1. The maximum atomic E-state index is 11.4. The summed E-state index contributed by atoms with van der Waals surface area (Å²) in [7, 11) is 2.00. The van der Waals surface area contributed by atoms with E-state index in [2.05, 4.69) is 12.2 Å². The van der Waals surface area contributed by atoms with E-state index in [1.807, 2.05) is 11.9 Å². The number of carbonyl (C=O) groups excluding carboxylic acids is 1. The molecule has 1 fully saturated rings. The molecule has 0 aromatic rings. The fraction of sp³-hybridized carbons (Fsp3) is 0.909. The second-order valence-corrected chi connectivity index (χ2v) is 4.05. The van der Waals surface area contributed by atoms with Crippen LogP contribution in [0.3, 0.4) is 0 Å². The number of nitrogens with zero attached hydrogens (tertiary/aromatic N) is 1. The molecule has 0 radical (unpaired) electrons. The maximum absolute atomic E-state index is 11.4. The second-order valence-electron chi connectivity index (χ2n) is 4.05. The molecule has 0 heterocycles. The van der Waals surface area contributed by atoms with Gasteiger partial charge in [0.2, 0.25) is 5.91 Å². The molecule has 14 heavy (non-hydrogen) atoms. The van der Waals surface area contributed by atoms with Crippen molar-refractivity contribution in [3.63, 3.8) is 0 Å². The van der Waals surface area contributed by atoms with Crippen molar-refractivity contribution in [3.05, 3.63) is 0 Å². The van der Waals surface area contributed by atoms with Crippen LogP contribution in [-0.4, -0.2) is 36.5 Å². The summed E-state index contributed by atoms with van der Waals surface area (Å²) < 4.78 is 0. The van der Waals surface area contributed by atoms with E-state index in [0.717, 1.165) is 13.0 Å². The lowest BCUT2D eigenvalue weighted by atomic mass is 9.89. The Kier molecular flexibility index (Phi) is 4.39. The smallest absolute Gasteiger partial charge is 0.219 e. The first-order valence-corrected chi connectivity index (χ1v) is 5.65. The molecule has 1 rings (SSSR count). The Labute approximate surface area is 86.9 Å². The van der Waals surface area contributed by atoms with Gasteiger partial charge in [-0.15, -0.1) is 0 Å². The van der Waals surface area contributed by atoms with Gasteiger partial charge in [-0.3, -0.25) is 4.79 Å². The van der Waals surface area contributed by atoms with E-state index in [1.165, 1.54) is 19.3 Å². The minimum Gasteiger partial charge on any atom is -0.339 e. The molecule has 0 bridgehead atoms. The van der Waals surface area contributed by atoms with Crippen molar-refractivity contribution in [2.45, 2.75) is 51.6 Å². The van der Waals surface area contributed by atoms with Gasteiger partial charge < -0.3 is 10.2 Å². The number of nitrogens with one attached hydrogen (secondary N) is 1. The number of rotatable bonds is 3. The maximum Gasteiger partial charge on any atom is 0.219 e. The Morgan fingerprint density at radius 3 is 2.57 bits per heavy atom. The Hall–Kier alpha value is -0.570. The summed E-state index contributed by atoms with van der Waals surface area (Å²) in [5.74, 6) is 0.208. The molecule has 0 unspecified atom stereocenters. The number of hydrogen-bond acceptors (Lipinski definition) is 2. The van der Waals surface area contributed by atoms with Crippen molar-refractivity contribution < 1.29 is 4.79 Å². The normalized spacial score (nSPS) is 27.4. The van der Waals surface area contributed by atoms with E-state index in [1.54, 1.807) is 6.92 Å². The van der Waals surface area contributed by atoms with Crippen molar-refractivity contribution >= 4 is 5.91 Å². The van der Waals surface area contributed by atoms with Crippen LogP contribution in [0, 0.1) is 0 Å². The molecule has 1 N–H and O–H groups in total. The van der Waals surface area contributed by atoms with Gasteiger partial charge in [-0.2, -0.15) is 0 Å². The van der Waals surface area contributed by atoms with Crippen LogP contribution in [0.25, 0.3) is 0 Å². The van der Waals surface area contributed by atoms with Crippen molar-refractivity contribution in [2.75, 3.05) is 13.6 Å². The van der Waals surface area contributed by atoms with Gasteiger partial charge in [0.05, 0.1) is 0 Å². The van der Waals surface area contributed by atoms with Gasteiger partial charge in [0.25, 0.3) is 0 Å². The van der Waals surface area contributed by atoms with Crippen LogP contribution < -0.4 is 5.32 Å². The molecular formula is C11H22N2O. The van der Waals surface area contributed by atoms with Crippen LogP contribution in [0.2, 0.25) is 0 Å². The quantitative estimate of drug-likeness (QED) is 0.743. The van der Waals surface area contributed by atoms with E-state index in [4.69, 9.17) is 0 Å². The summed E-state index contributed by atoms with van der Waals surface area (Å²) in [6.07, 6.45) is 4.90. The summed E-state index contributed by atoms with van der Waals surface area (Å²) in [5.41, 5.74) is 0. The van der Waals surface area contributed by atoms with E-state index in [-0.39, 0.29) is 5.91 Å². The van der Waals surface area contributed by atoms with Crippen LogP contribution in [0.1, 0.15) is 39.5 Å². The van der Waals surface area contributed by atoms with Crippen LogP contribution in [0.4, 0.5) is 0 Å². The van der Waals surface area contributed by atoms with E-state index < -0.39 is 0 Å². The Morgan fingerprint density at radius 2 is 2.07 bits per heavy atom. The Morgan fingerprint density at radius 1 is 1.43 bits per heavy atom. The molecule has 82 valence electrons. The van der Waals surface area contributed by atoms with Crippen molar-refractivity contribution in [2.24, 2.45) is 0 Å². The summed E-state index contributed by atoms with van der Waals surface area (Å²) in [6, 6.07) is 0.906. The van der Waals surface area contributed by atoms with Gasteiger partial charge >= 0.3 is 0 Å². The first-order valence-electron chi connectivity index (χ1n) is 5.65. The number of amides is 1. The van der Waals surface area contributed by atoms with E-state index >= 15 is 0 Å². The summed E-state index contributed by atoms with van der Waals surface area (Å²) in [6.45, 7) is 4.56. The first-order chi connectivity index (χ1) is 6.70. The highest BCUT2D eigenvalue weighted by Crippen LogP contribution is 2.23. The van der Waals surface area contributed by atoms with Crippen LogP contribution in [-0.2, 0) is 4.79 Å². The number of hydrogen-bond donors (Lipinski definition) is 1. The largest absolute Gasteiger partial charge is 0.339 e. The molecule has 3 nitrogen and oxygen atoms in total. The van der Waals surface area contributed by atoms with Crippen molar-refractivity contribution in [1.82, 2.24) is 10.2 Å². The first kappa shape index (κ1) is 11.5. The van der Waals surface area contributed by atoms with Gasteiger partial charge in [0.1, 0.15) is 0 Å². The predicted octanol–water partition coefficient (Wildman–Crippen LogP) is 1.39. The molecule has 2 atom stereocenters. The molecule has 1 aliphatic rings. The fourth-order valence-electron chi connectivity index (χ4n) is 2.51. The topological polar surface area (TPSA) is 32.3 Å². The minimum absolute atomic E-state index is 0.208. The van der Waals surface area contributed by atoms with Gasteiger partial charge in [0.15, 0.2) is 0 Å². The molecule has 3 heteroatoms. The van der Waals surface area contributed by atoms with Crippen molar-refractivity contribution in [1.29, 1.82) is 0 Å². The molecule has 0 aromatic heterocycles. The third-order valence-corrected chi connectivity index (χ3v) is 3.25. The third kappa shape index (κ3) is 2.47. The molecule has 1 saturated carbocycles. The van der Waals surface area contributed by atoms with Crippen LogP contribution in [0.15, 0.2) is 0 Å². The zero-order valence-electron chi connectivity index (χ0n) is 9.55. The Balaban J connectivity index is 2.65. The van der Waals surface area contributed by atoms with Crippen LogP contribution >= 0.6 is 0 Å². The van der Waals surface area contributed by atoms with E-state index in [9.17, 15) is 4.79 Å². The number of carbonyl (C=O) groups is 1. The van der Waals surface area contributed by atoms with Crippen LogP contribution in [0.5, 0.6) is 0 Å². The zero-order valence-corrected chi connectivity index (χ0v) is 9.55. The zero-order chi connectivity index (χ0) is 10.6. The van der Waals surface area contributed by atoms with Gasteiger partial charge in [-0.1, -0.05) is 12.8 Å². The van der Waals surface area contributed by atoms with E-state index in [0.29, 0.717) is 12.1 Å². The van der Waals surface area contributed by atoms with Gasteiger partial charge in [-0.05, 0) is 26.8 Å². The summed E-state index contributed by atoms with van der Waals surface area (Å²) in [4.78, 5) is 13.4. The lowest BCUT2D eigenvalue weighted by molar-refractivity contribution is -0.132. The second kappa shape index (κ2) is 5.35. The molecule has 0 spiro atoms. The van der Waals surface area contributed by atoms with Gasteiger partial charge in [0, 0.05) is 25.6 Å². The molecule has 1 amide bonds. The Bertz CT molecular complexity index is 194. The molecule has 0 aromatic carbocycles. The molecule has 0 saturated heterocycles. The lowest BCUT2D eigenvalue weighted by Crippen LogP contribution is -2.52. The highest BCUT2D eigenvalue weighted by molar-refractivity contribution is 5.73. The predicted molar refractivity (Wildman–Crippen MR) is 58.2 cm³/mol. The van der Waals surface area contributed by atoms with Gasteiger partial charge in [-0.25, -0.2) is 0 Å². The average molecular weight is 198 g/mol. The summed E-state index contributed by atoms with van der Waals surface area (Å²) >= 11 is 0. The molecular weight excluding hydrogens is 176 g/mol. The summed E-state index contributed by atoms with van der Waals surface area (Å²) in [5, 5.41) is 3.33. The van der Waals surface area contributed by atoms with Crippen molar-refractivity contribution in [3.8, 4) is 0 Å². The lowest BCUT2D eigenvalue weighted by Gasteiger charge is -2.39.